The second kappa shape index (κ2) is 11.2. The van der Waals surface area contributed by atoms with E-state index in [2.05, 4.69) is 30.6 Å². The lowest BCUT2D eigenvalue weighted by Gasteiger charge is -2.40. The highest BCUT2D eigenvalue weighted by molar-refractivity contribution is 4.99. The Hall–Kier alpha value is -0.600. The van der Waals surface area contributed by atoms with E-state index in [0.29, 0.717) is 31.0 Å². The molecule has 0 unspecified atom stereocenters. The van der Waals surface area contributed by atoms with Gasteiger partial charge in [-0.05, 0) is 66.3 Å². The fraction of sp³-hybridized carbons (Fsp3) is 0.905. The van der Waals surface area contributed by atoms with E-state index < -0.39 is 0 Å². The van der Waals surface area contributed by atoms with Crippen molar-refractivity contribution < 1.29 is 14.2 Å². The van der Waals surface area contributed by atoms with Crippen LogP contribution in [0.25, 0.3) is 0 Å². The van der Waals surface area contributed by atoms with Crippen molar-refractivity contribution in [3.05, 3.63) is 0 Å². The molecule has 25 heavy (non-hydrogen) atoms. The maximum atomic E-state index is 6.23. The average Bonchev–Trinajstić information content (AvgIpc) is 2.52. The van der Waals surface area contributed by atoms with E-state index >= 15 is 0 Å². The van der Waals surface area contributed by atoms with E-state index in [-0.39, 0.29) is 6.10 Å². The average molecular weight is 352 g/mol. The molecule has 0 N–H and O–H groups in total. The van der Waals surface area contributed by atoms with Crippen molar-refractivity contribution in [3.8, 4) is 11.8 Å². The lowest BCUT2D eigenvalue weighted by molar-refractivity contribution is -0.145. The summed E-state index contributed by atoms with van der Waals surface area (Å²) in [7, 11) is 0. The van der Waals surface area contributed by atoms with Crippen molar-refractivity contribution >= 4 is 0 Å². The molecule has 0 aromatic carbocycles. The minimum absolute atomic E-state index is 0.270. The minimum atomic E-state index is 0.270. The first-order valence-electron chi connectivity index (χ1n) is 10.1. The molecule has 4 heteroatoms. The molecule has 1 aliphatic carbocycles. The number of hydrogen-bond donors (Lipinski definition) is 0. The third-order valence-electron chi connectivity index (χ3n) is 4.83. The van der Waals surface area contributed by atoms with Crippen LogP contribution in [0.15, 0.2) is 0 Å². The Balaban J connectivity index is 1.47. The maximum Gasteiger partial charge on any atom is 0.108 e. The predicted molar refractivity (Wildman–Crippen MR) is 102 cm³/mol. The number of rotatable bonds is 9. The Morgan fingerprint density at radius 3 is 2.28 bits per heavy atom. The lowest BCUT2D eigenvalue weighted by Crippen LogP contribution is -2.44. The summed E-state index contributed by atoms with van der Waals surface area (Å²) in [5, 5.41) is 0. The Labute approximate surface area is 154 Å². The third-order valence-corrected chi connectivity index (χ3v) is 4.83. The van der Waals surface area contributed by atoms with Crippen LogP contribution in [-0.2, 0) is 14.2 Å². The second-order valence-corrected chi connectivity index (χ2v) is 7.89. The van der Waals surface area contributed by atoms with E-state index in [1.807, 2.05) is 13.8 Å². The molecule has 0 spiro atoms. The fourth-order valence-corrected chi connectivity index (χ4v) is 3.40. The topological polar surface area (TPSA) is 30.9 Å². The molecule has 2 aliphatic rings. The zero-order chi connectivity index (χ0) is 18.1. The predicted octanol–water partition coefficient (Wildman–Crippen LogP) is 3.63. The normalized spacial score (nSPS) is 25.0. The molecule has 0 radical (unpaired) electrons. The molecule has 2 fully saturated rings. The Bertz CT molecular complexity index is 413. The summed E-state index contributed by atoms with van der Waals surface area (Å²) in [6, 6.07) is 0. The first kappa shape index (κ1) is 20.7. The van der Waals surface area contributed by atoms with E-state index in [9.17, 15) is 0 Å². The molecular formula is C21H37NO3. The van der Waals surface area contributed by atoms with Gasteiger partial charge in [0.2, 0.25) is 0 Å². The van der Waals surface area contributed by atoms with Gasteiger partial charge in [0.05, 0.1) is 30.5 Å². The molecule has 2 rings (SSSR count). The van der Waals surface area contributed by atoms with Crippen molar-refractivity contribution in [2.75, 3.05) is 26.2 Å². The molecule has 0 atom stereocenters. The van der Waals surface area contributed by atoms with Crippen LogP contribution in [0.1, 0.15) is 66.2 Å². The molecule has 0 bridgehead atoms. The Morgan fingerprint density at radius 2 is 1.64 bits per heavy atom. The molecule has 0 aromatic heterocycles. The van der Waals surface area contributed by atoms with Gasteiger partial charge in [-0.15, -0.1) is 5.92 Å². The molecule has 4 nitrogen and oxygen atoms in total. The fourth-order valence-electron chi connectivity index (χ4n) is 3.40. The molecule has 1 saturated heterocycles. The van der Waals surface area contributed by atoms with Crippen LogP contribution in [0.2, 0.25) is 0 Å². The largest absolute Gasteiger partial charge is 0.375 e. The number of piperidine rings is 1. The first-order chi connectivity index (χ1) is 12.0. The van der Waals surface area contributed by atoms with Crippen LogP contribution in [0.5, 0.6) is 0 Å². The Morgan fingerprint density at radius 1 is 0.920 bits per heavy atom. The minimum Gasteiger partial charge on any atom is -0.375 e. The zero-order valence-electron chi connectivity index (χ0n) is 16.6. The van der Waals surface area contributed by atoms with Gasteiger partial charge >= 0.3 is 0 Å². The van der Waals surface area contributed by atoms with Crippen LogP contribution in [0, 0.1) is 11.8 Å². The third kappa shape index (κ3) is 8.55. The van der Waals surface area contributed by atoms with Gasteiger partial charge in [0.15, 0.2) is 0 Å². The van der Waals surface area contributed by atoms with Gasteiger partial charge in [0.25, 0.3) is 0 Å². The van der Waals surface area contributed by atoms with Crippen LogP contribution in [0.3, 0.4) is 0 Å². The number of nitrogens with zero attached hydrogens (tertiary/aromatic N) is 1. The van der Waals surface area contributed by atoms with Crippen LogP contribution in [-0.4, -0.2) is 61.7 Å². The molecule has 144 valence electrons. The van der Waals surface area contributed by atoms with Crippen molar-refractivity contribution in [2.45, 2.75) is 96.7 Å². The summed E-state index contributed by atoms with van der Waals surface area (Å²) >= 11 is 0. The van der Waals surface area contributed by atoms with E-state index in [1.54, 1.807) is 0 Å². The first-order valence-corrected chi connectivity index (χ1v) is 10.1. The summed E-state index contributed by atoms with van der Waals surface area (Å²) in [5.41, 5.74) is 0. The maximum absolute atomic E-state index is 6.23. The van der Waals surface area contributed by atoms with Crippen molar-refractivity contribution in [1.29, 1.82) is 0 Å². The van der Waals surface area contributed by atoms with Crippen molar-refractivity contribution in [1.82, 2.24) is 4.90 Å². The van der Waals surface area contributed by atoms with Gasteiger partial charge in [0.1, 0.15) is 6.61 Å². The quantitative estimate of drug-likeness (QED) is 0.469. The van der Waals surface area contributed by atoms with Crippen LogP contribution < -0.4 is 0 Å². The summed E-state index contributed by atoms with van der Waals surface area (Å²) in [6.45, 7) is 12.3. The van der Waals surface area contributed by atoms with E-state index in [4.69, 9.17) is 14.2 Å². The monoisotopic (exact) mass is 351 g/mol. The highest BCUT2D eigenvalue weighted by Gasteiger charge is 2.33. The van der Waals surface area contributed by atoms with Crippen molar-refractivity contribution in [3.63, 3.8) is 0 Å². The second-order valence-electron chi connectivity index (χ2n) is 7.89. The number of hydrogen-bond acceptors (Lipinski definition) is 4. The number of likely N-dealkylation sites (tertiary alicyclic amines) is 1. The lowest BCUT2D eigenvalue weighted by atomic mass is 9.91. The van der Waals surface area contributed by atoms with Gasteiger partial charge in [-0.3, -0.25) is 0 Å². The van der Waals surface area contributed by atoms with Crippen LogP contribution >= 0.6 is 0 Å². The Kier molecular flexibility index (Phi) is 9.26. The number of ether oxygens (including phenoxy) is 3. The van der Waals surface area contributed by atoms with Gasteiger partial charge in [-0.2, -0.15) is 0 Å². The van der Waals surface area contributed by atoms with Crippen LogP contribution in [0.4, 0.5) is 0 Å². The molecule has 1 heterocycles. The summed E-state index contributed by atoms with van der Waals surface area (Å²) in [4.78, 5) is 2.55. The molecule has 1 saturated carbocycles. The smallest absolute Gasteiger partial charge is 0.108 e. The standard InChI is InChI=1S/C21H37NO3/c1-17(2)23-14-8-6-5-7-11-22-12-9-19(10-13-22)25-21-15-20(16-21)24-18(3)4/h17-21H,5,7,9-16H2,1-4H3. The van der Waals surface area contributed by atoms with Crippen molar-refractivity contribution in [2.24, 2.45) is 0 Å². The summed E-state index contributed by atoms with van der Waals surface area (Å²) in [6.07, 6.45) is 8.53. The molecule has 0 amide bonds. The van der Waals surface area contributed by atoms with Gasteiger partial charge < -0.3 is 19.1 Å². The molecular weight excluding hydrogens is 314 g/mol. The molecule has 1 aliphatic heterocycles. The highest BCUT2D eigenvalue weighted by atomic mass is 16.5. The number of unbranched alkanes of at least 4 members (excludes halogenated alkanes) is 1. The summed E-state index contributed by atoms with van der Waals surface area (Å²) < 4.78 is 17.5. The van der Waals surface area contributed by atoms with Gasteiger partial charge in [-0.25, -0.2) is 0 Å². The van der Waals surface area contributed by atoms with E-state index in [1.165, 1.54) is 12.8 Å². The highest BCUT2D eigenvalue weighted by Crippen LogP contribution is 2.30. The van der Waals surface area contributed by atoms with Gasteiger partial charge in [-0.1, -0.05) is 5.92 Å². The van der Waals surface area contributed by atoms with E-state index in [0.717, 1.165) is 45.3 Å². The molecule has 0 aromatic rings. The summed E-state index contributed by atoms with van der Waals surface area (Å²) in [5.74, 6) is 6.30. The van der Waals surface area contributed by atoms with Gasteiger partial charge in [0, 0.05) is 19.5 Å². The SMILES string of the molecule is CC(C)OCC#CCCCN1CCC(OC2CC(OC(C)C)C2)CC1. The zero-order valence-corrected chi connectivity index (χ0v) is 16.6.